The summed E-state index contributed by atoms with van der Waals surface area (Å²) in [5.74, 6) is 0. The molecule has 0 aliphatic heterocycles. The van der Waals surface area contributed by atoms with Crippen molar-refractivity contribution in [2.75, 3.05) is 6.61 Å². The molecule has 43 heavy (non-hydrogen) atoms. The van der Waals surface area contributed by atoms with Crippen LogP contribution in [0, 0.1) is 0 Å². The lowest BCUT2D eigenvalue weighted by Crippen LogP contribution is -2.50. The van der Waals surface area contributed by atoms with Crippen LogP contribution in [0.25, 0.3) is 0 Å². The van der Waals surface area contributed by atoms with Gasteiger partial charge in [0.05, 0.1) is 24.3 Å². The van der Waals surface area contributed by atoms with E-state index in [4.69, 9.17) is 8.85 Å². The topological polar surface area (TPSA) is 91.3 Å². The minimum Gasteiger partial charge on any atom is -0.591 e. The lowest BCUT2D eigenvalue weighted by molar-refractivity contribution is 0.162. The molecule has 2 atom stereocenters. The minimum absolute atomic E-state index is 0.00504. The third-order valence-corrected chi connectivity index (χ3v) is 21.3. The van der Waals surface area contributed by atoms with E-state index in [9.17, 15) is 13.0 Å². The van der Waals surface area contributed by atoms with Gasteiger partial charge in [-0.3, -0.25) is 0 Å². The van der Waals surface area contributed by atoms with Gasteiger partial charge in [-0.2, -0.15) is 4.31 Å². The van der Waals surface area contributed by atoms with Crippen LogP contribution in [0.15, 0.2) is 33.6 Å². The van der Waals surface area contributed by atoms with E-state index in [1.165, 1.54) is 0 Å². The molecule has 0 saturated heterocycles. The van der Waals surface area contributed by atoms with E-state index in [0.717, 1.165) is 5.56 Å². The van der Waals surface area contributed by atoms with Gasteiger partial charge in [-0.15, -0.1) is 0 Å². The molecule has 0 aliphatic rings. The van der Waals surface area contributed by atoms with Crippen molar-refractivity contribution in [2.45, 2.75) is 160 Å². The Balaban J connectivity index is 3.26. The van der Waals surface area contributed by atoms with Crippen molar-refractivity contribution >= 4 is 44.2 Å². The van der Waals surface area contributed by atoms with Gasteiger partial charge >= 0.3 is 0 Å². The van der Waals surface area contributed by atoms with Gasteiger partial charge in [0.1, 0.15) is 16.1 Å². The zero-order chi connectivity index (χ0) is 33.7. The number of hydrogen-bond acceptors (Lipinski definition) is 6. The second kappa shape index (κ2) is 15.4. The van der Waals surface area contributed by atoms with Crippen molar-refractivity contribution in [3.8, 4) is 0 Å². The molecule has 0 heterocycles. The molecule has 0 bridgehead atoms. The molecule has 11 heteroatoms. The zero-order valence-electron chi connectivity index (χ0n) is 29.8. The van der Waals surface area contributed by atoms with Gasteiger partial charge in [-0.05, 0) is 108 Å². The minimum atomic E-state index is -3.81. The Bertz CT molecular complexity index is 1130. The third-order valence-electron chi connectivity index (χ3n) is 8.78. The molecule has 0 aromatic heterocycles. The average Bonchev–Trinajstić information content (AvgIpc) is 2.83. The van der Waals surface area contributed by atoms with Crippen LogP contribution >= 0.6 is 0 Å². The van der Waals surface area contributed by atoms with Gasteiger partial charge in [0.15, 0.2) is 16.6 Å². The van der Waals surface area contributed by atoms with E-state index >= 15 is 0 Å². The van der Waals surface area contributed by atoms with Crippen molar-refractivity contribution in [3.05, 3.63) is 29.8 Å². The highest BCUT2D eigenvalue weighted by atomic mass is 32.2. The molecule has 0 spiro atoms. The molecule has 7 nitrogen and oxygen atoms in total. The molecular weight excluding hydrogens is 613 g/mol. The predicted octanol–water partition coefficient (Wildman–Crippen LogP) is 8.70. The monoisotopic (exact) mass is 674 g/mol. The Labute approximate surface area is 270 Å². The van der Waals surface area contributed by atoms with Crippen molar-refractivity contribution in [2.24, 2.45) is 4.40 Å². The normalized spacial score (nSPS) is 16.0. The second-order valence-corrected chi connectivity index (χ2v) is 29.3. The average molecular weight is 675 g/mol. The summed E-state index contributed by atoms with van der Waals surface area (Å²) < 4.78 is 59.1. The van der Waals surface area contributed by atoms with E-state index in [2.05, 4.69) is 72.1 Å². The van der Waals surface area contributed by atoms with Crippen LogP contribution in [0.5, 0.6) is 0 Å². The van der Waals surface area contributed by atoms with E-state index in [-0.39, 0.29) is 27.1 Å². The Morgan fingerprint density at radius 1 is 0.907 bits per heavy atom. The van der Waals surface area contributed by atoms with E-state index in [1.54, 1.807) is 22.7 Å². The van der Waals surface area contributed by atoms with Crippen molar-refractivity contribution in [3.63, 3.8) is 0 Å². The SMILES string of the molecule is CC(C)N([C@@H](CCCC=N[S+]([O-])C(C)(C)C)CO[Si](C)(C)C(C)(C)C)S(=O)(=O)c1ccc(CO[Si](C)(C)C(C)(C)C)cc1. The summed E-state index contributed by atoms with van der Waals surface area (Å²) in [5, 5.41) is 0.107. The third kappa shape index (κ3) is 12.0. The molecule has 1 unspecified atom stereocenters. The number of sulfonamides is 1. The number of rotatable bonds is 15. The Hall–Kier alpha value is -0.536. The summed E-state index contributed by atoms with van der Waals surface area (Å²) in [6.45, 7) is 32.3. The van der Waals surface area contributed by atoms with Crippen molar-refractivity contribution < 1.29 is 21.8 Å². The van der Waals surface area contributed by atoms with Crippen LogP contribution in [-0.2, 0) is 36.8 Å². The molecule has 1 aromatic carbocycles. The molecule has 0 fully saturated rings. The Morgan fingerprint density at radius 3 is 1.84 bits per heavy atom. The first-order valence-corrected chi connectivity index (χ1v) is 24.0. The lowest BCUT2D eigenvalue weighted by Gasteiger charge is -2.40. The summed E-state index contributed by atoms with van der Waals surface area (Å²) in [6.07, 6.45) is 3.65. The molecule has 250 valence electrons. The number of hydrogen-bond donors (Lipinski definition) is 0. The fraction of sp³-hybridized carbons (Fsp3) is 0.781. The van der Waals surface area contributed by atoms with Crippen molar-refractivity contribution in [1.29, 1.82) is 0 Å². The second-order valence-electron chi connectivity index (χ2n) is 15.9. The quantitative estimate of drug-likeness (QED) is 0.0803. The number of nitrogens with zero attached hydrogens (tertiary/aromatic N) is 2. The first-order valence-electron chi connectivity index (χ1n) is 15.6. The smallest absolute Gasteiger partial charge is 0.243 e. The van der Waals surface area contributed by atoms with E-state index in [1.807, 2.05) is 46.8 Å². The van der Waals surface area contributed by atoms with Crippen LogP contribution in [-0.4, -0.2) is 63.6 Å². The van der Waals surface area contributed by atoms with Crippen LogP contribution in [0.2, 0.25) is 36.3 Å². The van der Waals surface area contributed by atoms with Gasteiger partial charge in [0, 0.05) is 12.1 Å². The fourth-order valence-corrected chi connectivity index (χ4v) is 8.18. The molecule has 0 N–H and O–H groups in total. The molecule has 1 aromatic rings. The van der Waals surface area contributed by atoms with E-state index < -0.39 is 42.8 Å². The largest absolute Gasteiger partial charge is 0.591 e. The van der Waals surface area contributed by atoms with Gasteiger partial charge < -0.3 is 13.4 Å². The predicted molar refractivity (Wildman–Crippen MR) is 190 cm³/mol. The van der Waals surface area contributed by atoms with Crippen LogP contribution in [0.1, 0.15) is 101 Å². The van der Waals surface area contributed by atoms with Gasteiger partial charge in [0.25, 0.3) is 0 Å². The zero-order valence-corrected chi connectivity index (χ0v) is 33.5. The maximum Gasteiger partial charge on any atom is 0.243 e. The van der Waals surface area contributed by atoms with Gasteiger partial charge in [-0.25, -0.2) is 8.42 Å². The summed E-state index contributed by atoms with van der Waals surface area (Å²) >= 11 is -1.31. The highest BCUT2D eigenvalue weighted by molar-refractivity contribution is 7.91. The summed E-state index contributed by atoms with van der Waals surface area (Å²) in [4.78, 5) is 0.275. The lowest BCUT2D eigenvalue weighted by atomic mass is 10.1. The van der Waals surface area contributed by atoms with Gasteiger partial charge in [-0.1, -0.05) is 58.1 Å². The van der Waals surface area contributed by atoms with Crippen LogP contribution in [0.4, 0.5) is 0 Å². The number of unbranched alkanes of at least 4 members (excludes halogenated alkanes) is 1. The molecule has 0 radical (unpaired) electrons. The molecule has 0 aliphatic carbocycles. The maximum atomic E-state index is 14.2. The highest BCUT2D eigenvalue weighted by Crippen LogP contribution is 2.38. The van der Waals surface area contributed by atoms with Crippen LogP contribution in [0.3, 0.4) is 0 Å². The van der Waals surface area contributed by atoms with E-state index in [0.29, 0.717) is 32.5 Å². The Kier molecular flexibility index (Phi) is 14.5. The standard InChI is InChI=1S/C32H62N2O5S2Si2/c1-26(2)34(41(36,37)29-21-19-27(20-22-29)24-38-42(12,13)31(6,7)8)28(25-39-43(14,15)32(9,10)11)18-16-17-23-33-40(35)30(3,4)5/h19-23,26,28H,16-18,24-25H2,1-15H3/t28-,40?/m0/s1. The molecule has 1 rings (SSSR count). The summed E-state index contributed by atoms with van der Waals surface area (Å²) in [7, 11) is -7.85. The number of benzene rings is 1. The van der Waals surface area contributed by atoms with Gasteiger partial charge in [0.2, 0.25) is 10.0 Å². The first kappa shape index (κ1) is 40.5. The van der Waals surface area contributed by atoms with Crippen molar-refractivity contribution in [1.82, 2.24) is 4.31 Å². The molecule has 0 amide bonds. The molecular formula is C32H62N2O5S2Si2. The van der Waals surface area contributed by atoms with Crippen LogP contribution < -0.4 is 0 Å². The molecule has 0 saturated carbocycles. The summed E-state index contributed by atoms with van der Waals surface area (Å²) in [5.41, 5.74) is 0.963. The fourth-order valence-electron chi connectivity index (χ4n) is 3.78. The summed E-state index contributed by atoms with van der Waals surface area (Å²) in [6, 6.07) is 6.53. The maximum absolute atomic E-state index is 14.2. The highest BCUT2D eigenvalue weighted by Gasteiger charge is 2.40. The Morgan fingerprint density at radius 2 is 1.40 bits per heavy atom. The first-order chi connectivity index (χ1) is 19.2.